The van der Waals surface area contributed by atoms with Crippen molar-refractivity contribution in [1.82, 2.24) is 9.80 Å². The molecule has 0 unspecified atom stereocenters. The molecule has 10 heteroatoms. The normalized spacial score (nSPS) is 19.9. The number of rotatable bonds is 6. The Labute approximate surface area is 169 Å². The second kappa shape index (κ2) is 10.9. The summed E-state index contributed by atoms with van der Waals surface area (Å²) in [6.07, 6.45) is -1.01. The van der Waals surface area contributed by atoms with E-state index in [0.717, 1.165) is 6.08 Å². The molecule has 0 N–H and O–H groups in total. The van der Waals surface area contributed by atoms with Crippen LogP contribution in [0.1, 0.15) is 20.8 Å². The lowest BCUT2D eigenvalue weighted by atomic mass is 10.2. The van der Waals surface area contributed by atoms with E-state index in [2.05, 4.69) is 0 Å². The van der Waals surface area contributed by atoms with E-state index in [1.807, 2.05) is 0 Å². The molecule has 162 valence electrons. The predicted molar refractivity (Wildman–Crippen MR) is 99.7 cm³/mol. The number of hydrogen-bond acceptors (Lipinski definition) is 8. The maximum absolute atomic E-state index is 12.3. The van der Waals surface area contributed by atoms with Crippen LogP contribution < -0.4 is 0 Å². The van der Waals surface area contributed by atoms with E-state index < -0.39 is 24.1 Å². The zero-order valence-electron chi connectivity index (χ0n) is 17.0. The Morgan fingerprint density at radius 2 is 1.21 bits per heavy atom. The summed E-state index contributed by atoms with van der Waals surface area (Å²) >= 11 is 0. The van der Waals surface area contributed by atoms with Crippen LogP contribution in [0.4, 0.5) is 0 Å². The summed E-state index contributed by atoms with van der Waals surface area (Å²) in [5.74, 6) is -2.27. The number of morpholine rings is 2. The van der Waals surface area contributed by atoms with Crippen molar-refractivity contribution in [2.75, 3.05) is 52.6 Å². The molecule has 0 aromatic rings. The van der Waals surface area contributed by atoms with Gasteiger partial charge in [0.15, 0.2) is 12.2 Å². The fourth-order valence-corrected chi connectivity index (χ4v) is 2.88. The first-order chi connectivity index (χ1) is 13.8. The van der Waals surface area contributed by atoms with Crippen molar-refractivity contribution in [3.05, 3.63) is 11.6 Å². The zero-order valence-corrected chi connectivity index (χ0v) is 17.0. The quantitative estimate of drug-likeness (QED) is 0.425. The van der Waals surface area contributed by atoms with Crippen molar-refractivity contribution in [3.63, 3.8) is 0 Å². The van der Waals surface area contributed by atoms with E-state index in [-0.39, 0.29) is 17.4 Å². The summed E-state index contributed by atoms with van der Waals surface area (Å²) in [6.45, 7) is 7.87. The number of esters is 2. The van der Waals surface area contributed by atoms with E-state index in [9.17, 15) is 19.2 Å². The average molecular weight is 412 g/mol. The Bertz CT molecular complexity index is 651. The van der Waals surface area contributed by atoms with Gasteiger partial charge in [-0.2, -0.15) is 0 Å². The monoisotopic (exact) mass is 412 g/mol. The van der Waals surface area contributed by atoms with Gasteiger partial charge in [0.05, 0.1) is 26.4 Å². The van der Waals surface area contributed by atoms with Crippen LogP contribution in [0.2, 0.25) is 0 Å². The molecule has 2 saturated heterocycles. The Kier molecular flexibility index (Phi) is 8.59. The van der Waals surface area contributed by atoms with E-state index in [4.69, 9.17) is 18.9 Å². The maximum Gasteiger partial charge on any atom is 0.334 e. The molecule has 2 fully saturated rings. The van der Waals surface area contributed by atoms with Gasteiger partial charge in [0.2, 0.25) is 0 Å². The third-order valence-corrected chi connectivity index (χ3v) is 4.57. The fourth-order valence-electron chi connectivity index (χ4n) is 2.88. The van der Waals surface area contributed by atoms with Crippen molar-refractivity contribution in [2.45, 2.75) is 33.0 Å². The first-order valence-corrected chi connectivity index (χ1v) is 9.62. The smallest absolute Gasteiger partial charge is 0.334 e. The average Bonchev–Trinajstić information content (AvgIpc) is 2.73. The van der Waals surface area contributed by atoms with Crippen molar-refractivity contribution in [2.24, 2.45) is 0 Å². The highest BCUT2D eigenvalue weighted by atomic mass is 16.6. The van der Waals surface area contributed by atoms with Gasteiger partial charge in [-0.3, -0.25) is 9.59 Å². The highest BCUT2D eigenvalue weighted by molar-refractivity contribution is 5.97. The minimum atomic E-state index is -0.984. The molecule has 0 aliphatic carbocycles. The van der Waals surface area contributed by atoms with E-state index in [1.54, 1.807) is 9.80 Å². The molecule has 10 nitrogen and oxygen atoms in total. The molecular formula is C19H28N2O8. The van der Waals surface area contributed by atoms with Crippen LogP contribution in [0.25, 0.3) is 0 Å². The molecule has 29 heavy (non-hydrogen) atoms. The minimum absolute atomic E-state index is 0.0253. The van der Waals surface area contributed by atoms with Crippen LogP contribution in [-0.4, -0.2) is 98.4 Å². The Balaban J connectivity index is 1.83. The largest absolute Gasteiger partial charge is 0.449 e. The van der Waals surface area contributed by atoms with Gasteiger partial charge >= 0.3 is 11.9 Å². The first-order valence-electron chi connectivity index (χ1n) is 9.62. The molecule has 2 atom stereocenters. The Morgan fingerprint density at radius 1 is 0.793 bits per heavy atom. The molecular weight excluding hydrogens is 384 g/mol. The van der Waals surface area contributed by atoms with E-state index in [1.165, 1.54) is 20.8 Å². The van der Waals surface area contributed by atoms with Gasteiger partial charge < -0.3 is 28.7 Å². The third kappa shape index (κ3) is 6.82. The molecule has 2 amide bonds. The van der Waals surface area contributed by atoms with Gasteiger partial charge in [0, 0.05) is 37.8 Å². The van der Waals surface area contributed by atoms with Crippen LogP contribution in [0.15, 0.2) is 11.6 Å². The summed E-state index contributed by atoms with van der Waals surface area (Å²) in [5, 5.41) is 0. The van der Waals surface area contributed by atoms with Crippen LogP contribution in [0.3, 0.4) is 0 Å². The topological polar surface area (TPSA) is 112 Å². The van der Waals surface area contributed by atoms with Crippen molar-refractivity contribution >= 4 is 23.8 Å². The fraction of sp³-hybridized carbons (Fsp3) is 0.684. The molecule has 0 aromatic carbocycles. The van der Waals surface area contributed by atoms with Crippen LogP contribution in [0, 0.1) is 0 Å². The Morgan fingerprint density at radius 3 is 1.66 bits per heavy atom. The van der Waals surface area contributed by atoms with Crippen molar-refractivity contribution in [1.29, 1.82) is 0 Å². The summed E-state index contributed by atoms with van der Waals surface area (Å²) in [5.41, 5.74) is -0.0253. The summed E-state index contributed by atoms with van der Waals surface area (Å²) in [4.78, 5) is 51.8. The summed E-state index contributed by atoms with van der Waals surface area (Å²) in [6, 6.07) is 0. The Hall–Kier alpha value is -2.46. The van der Waals surface area contributed by atoms with Gasteiger partial charge in [-0.1, -0.05) is 0 Å². The third-order valence-electron chi connectivity index (χ3n) is 4.57. The summed E-state index contributed by atoms with van der Waals surface area (Å²) in [7, 11) is 0. The van der Waals surface area contributed by atoms with Crippen molar-refractivity contribution < 1.29 is 38.1 Å². The predicted octanol–water partition coefficient (Wildman–Crippen LogP) is -0.486. The zero-order chi connectivity index (χ0) is 21.4. The lowest BCUT2D eigenvalue weighted by Gasteiger charge is -2.29. The molecule has 2 heterocycles. The van der Waals surface area contributed by atoms with Gasteiger partial charge in [-0.15, -0.1) is 0 Å². The van der Waals surface area contributed by atoms with Crippen LogP contribution in [0.5, 0.6) is 0 Å². The molecule has 0 saturated carbocycles. The number of ether oxygens (including phenoxy) is 4. The summed E-state index contributed by atoms with van der Waals surface area (Å²) < 4.78 is 20.6. The van der Waals surface area contributed by atoms with Crippen LogP contribution in [-0.2, 0) is 38.1 Å². The van der Waals surface area contributed by atoms with Gasteiger partial charge in [0.25, 0.3) is 11.8 Å². The highest BCUT2D eigenvalue weighted by Gasteiger charge is 2.27. The van der Waals surface area contributed by atoms with Crippen molar-refractivity contribution in [3.8, 4) is 0 Å². The maximum atomic E-state index is 12.3. The second-order valence-electron chi connectivity index (χ2n) is 6.83. The van der Waals surface area contributed by atoms with E-state index in [0.29, 0.717) is 52.6 Å². The lowest BCUT2D eigenvalue weighted by Crippen LogP contribution is -2.46. The molecule has 0 spiro atoms. The molecule has 2 rings (SSSR count). The van der Waals surface area contributed by atoms with E-state index >= 15 is 0 Å². The molecule has 0 bridgehead atoms. The standard InChI is InChI=1S/C19H28N2O8/c1-13(19(25)29-15(3)18(24)21-6-10-27-11-7-21)12-16(22)28-14(2)17(23)20-4-8-26-9-5-20/h12,14-15H,4-11H2,1-3H3/b13-12+/t14-,15-/m0/s1. The number of carbonyl (C=O) groups excluding carboxylic acids is 4. The van der Waals surface area contributed by atoms with Gasteiger partial charge in [-0.25, -0.2) is 9.59 Å². The minimum Gasteiger partial charge on any atom is -0.449 e. The molecule has 0 radical (unpaired) electrons. The SMILES string of the molecule is C/C(=C\C(=O)O[C@@H](C)C(=O)N1CCOCC1)C(=O)O[C@@H](C)C(=O)N1CCOCC1. The molecule has 2 aliphatic rings. The first kappa shape index (κ1) is 22.8. The number of carbonyl (C=O) groups is 4. The highest BCUT2D eigenvalue weighted by Crippen LogP contribution is 2.08. The number of hydrogen-bond donors (Lipinski definition) is 0. The molecule has 0 aromatic heterocycles. The number of nitrogens with zero attached hydrogens (tertiary/aromatic N) is 2. The van der Waals surface area contributed by atoms with Gasteiger partial charge in [0.1, 0.15) is 0 Å². The van der Waals surface area contributed by atoms with Crippen LogP contribution >= 0.6 is 0 Å². The number of amides is 2. The van der Waals surface area contributed by atoms with Gasteiger partial charge in [-0.05, 0) is 20.8 Å². The second-order valence-corrected chi connectivity index (χ2v) is 6.83. The lowest BCUT2D eigenvalue weighted by molar-refractivity contribution is -0.159. The molecule has 2 aliphatic heterocycles.